The number of hydrogen-bond donors (Lipinski definition) is 0. The van der Waals surface area contributed by atoms with Gasteiger partial charge in [0.05, 0.1) is 6.67 Å². The molecule has 1 heteroatoms. The van der Waals surface area contributed by atoms with Gasteiger partial charge in [0.1, 0.15) is 0 Å². The molecule has 0 bridgehead atoms. The van der Waals surface area contributed by atoms with E-state index in [1.54, 1.807) is 5.57 Å². The molecular formula is C28H47F. The van der Waals surface area contributed by atoms with Gasteiger partial charge in [-0.2, -0.15) is 0 Å². The Morgan fingerprint density at radius 1 is 1.00 bits per heavy atom. The summed E-state index contributed by atoms with van der Waals surface area (Å²) in [6.07, 6.45) is 17.4. The summed E-state index contributed by atoms with van der Waals surface area (Å²) < 4.78 is 13.3. The predicted octanol–water partition coefficient (Wildman–Crippen LogP) is 8.61. The molecule has 0 aromatic heterocycles. The van der Waals surface area contributed by atoms with Gasteiger partial charge in [0.2, 0.25) is 0 Å². The summed E-state index contributed by atoms with van der Waals surface area (Å²) in [5, 5.41) is 0. The molecule has 3 saturated carbocycles. The van der Waals surface area contributed by atoms with E-state index in [9.17, 15) is 4.39 Å². The van der Waals surface area contributed by atoms with E-state index < -0.39 is 0 Å². The van der Waals surface area contributed by atoms with Crippen molar-refractivity contribution >= 4 is 0 Å². The van der Waals surface area contributed by atoms with E-state index in [0.29, 0.717) is 16.7 Å². The lowest BCUT2D eigenvalue weighted by molar-refractivity contribution is -0.0532. The highest BCUT2D eigenvalue weighted by Gasteiger charge is 2.59. The van der Waals surface area contributed by atoms with Crippen LogP contribution in [-0.2, 0) is 0 Å². The molecule has 29 heavy (non-hydrogen) atoms. The summed E-state index contributed by atoms with van der Waals surface area (Å²) in [5.74, 6) is 5.70. The summed E-state index contributed by atoms with van der Waals surface area (Å²) in [5.41, 5.74) is 2.61. The molecule has 4 rings (SSSR count). The Morgan fingerprint density at radius 2 is 1.79 bits per heavy atom. The molecule has 4 aliphatic rings. The molecule has 0 nitrogen and oxygen atoms in total. The minimum atomic E-state index is -0.113. The van der Waals surface area contributed by atoms with Crippen molar-refractivity contribution in [1.82, 2.24) is 0 Å². The fourth-order valence-corrected chi connectivity index (χ4v) is 8.89. The maximum Gasteiger partial charge on any atom is 0.0925 e. The van der Waals surface area contributed by atoms with Gasteiger partial charge in [0, 0.05) is 0 Å². The molecule has 0 aromatic rings. The van der Waals surface area contributed by atoms with Crippen LogP contribution in [0.15, 0.2) is 11.6 Å². The van der Waals surface area contributed by atoms with Crippen LogP contribution in [0, 0.1) is 52.3 Å². The van der Waals surface area contributed by atoms with Gasteiger partial charge >= 0.3 is 0 Å². The lowest BCUT2D eigenvalue weighted by Crippen LogP contribution is -2.50. The van der Waals surface area contributed by atoms with Crippen molar-refractivity contribution in [3.05, 3.63) is 11.6 Å². The first kappa shape index (κ1) is 21.9. The van der Waals surface area contributed by atoms with Gasteiger partial charge in [-0.05, 0) is 104 Å². The molecule has 3 fully saturated rings. The Hall–Kier alpha value is -0.330. The first-order valence-electron chi connectivity index (χ1n) is 13.0. The lowest BCUT2D eigenvalue weighted by atomic mass is 9.46. The normalized spacial score (nSPS) is 45.3. The summed E-state index contributed by atoms with van der Waals surface area (Å²) in [6, 6.07) is 0. The number of allylic oxidation sites excluding steroid dienone is 2. The number of alkyl halides is 1. The van der Waals surface area contributed by atoms with E-state index in [1.165, 1.54) is 57.8 Å². The second kappa shape index (κ2) is 8.31. The summed E-state index contributed by atoms with van der Waals surface area (Å²) >= 11 is 0. The molecule has 0 N–H and O–H groups in total. The zero-order valence-corrected chi connectivity index (χ0v) is 20.0. The molecule has 0 radical (unpaired) electrons. The van der Waals surface area contributed by atoms with E-state index in [4.69, 9.17) is 0 Å². The number of rotatable bonds is 6. The van der Waals surface area contributed by atoms with Crippen LogP contribution in [0.3, 0.4) is 0 Å². The summed E-state index contributed by atoms with van der Waals surface area (Å²) in [6.45, 7) is 12.4. The number of fused-ring (bicyclic) bond motifs is 5. The largest absolute Gasteiger partial charge is 0.251 e. The fraction of sp³-hybridized carbons (Fsp3) is 0.929. The van der Waals surface area contributed by atoms with Gasteiger partial charge in [0.15, 0.2) is 0 Å². The van der Waals surface area contributed by atoms with E-state index in [-0.39, 0.29) is 6.67 Å². The van der Waals surface area contributed by atoms with Crippen LogP contribution in [0.25, 0.3) is 0 Å². The van der Waals surface area contributed by atoms with Crippen LogP contribution in [-0.4, -0.2) is 6.67 Å². The third-order valence-corrected chi connectivity index (χ3v) is 10.6. The SMILES string of the molecule is CC(C)CCC[C@@H](C)[C@H]1CC[C@H]2[C@@H]3CC=C4C[C@@H](CF)CC[C@]4(C)[C@H]3CC[C@]12C. The molecule has 0 saturated heterocycles. The highest BCUT2D eigenvalue weighted by Crippen LogP contribution is 2.67. The Balaban J connectivity index is 1.48. The number of halogens is 1. The van der Waals surface area contributed by atoms with E-state index in [1.807, 2.05) is 0 Å². The fourth-order valence-electron chi connectivity index (χ4n) is 8.89. The van der Waals surface area contributed by atoms with E-state index >= 15 is 0 Å². The monoisotopic (exact) mass is 402 g/mol. The molecule has 0 aliphatic heterocycles. The van der Waals surface area contributed by atoms with Crippen molar-refractivity contribution in [2.24, 2.45) is 52.3 Å². The lowest BCUT2D eigenvalue weighted by Gasteiger charge is -2.58. The highest BCUT2D eigenvalue weighted by molar-refractivity contribution is 5.25. The summed E-state index contributed by atoms with van der Waals surface area (Å²) in [7, 11) is 0. The molecule has 166 valence electrons. The summed E-state index contributed by atoms with van der Waals surface area (Å²) in [4.78, 5) is 0. The second-order valence-corrected chi connectivity index (χ2v) is 12.6. The number of hydrogen-bond acceptors (Lipinski definition) is 0. The Labute approximate surface area is 180 Å². The average Bonchev–Trinajstić information content (AvgIpc) is 3.04. The van der Waals surface area contributed by atoms with Crippen molar-refractivity contribution < 1.29 is 4.39 Å². The van der Waals surface area contributed by atoms with Crippen LogP contribution in [0.5, 0.6) is 0 Å². The molecule has 0 amide bonds. The predicted molar refractivity (Wildman–Crippen MR) is 123 cm³/mol. The van der Waals surface area contributed by atoms with Crippen LogP contribution in [0.2, 0.25) is 0 Å². The maximum atomic E-state index is 13.3. The van der Waals surface area contributed by atoms with Gasteiger partial charge in [-0.25, -0.2) is 0 Å². The minimum Gasteiger partial charge on any atom is -0.251 e. The molecule has 4 aliphatic carbocycles. The van der Waals surface area contributed by atoms with Gasteiger partial charge < -0.3 is 0 Å². The second-order valence-electron chi connectivity index (χ2n) is 12.6. The topological polar surface area (TPSA) is 0 Å². The molecule has 0 heterocycles. The van der Waals surface area contributed by atoms with Gasteiger partial charge in [0.25, 0.3) is 0 Å². The van der Waals surface area contributed by atoms with Crippen molar-refractivity contribution in [2.45, 2.75) is 105 Å². The van der Waals surface area contributed by atoms with Crippen molar-refractivity contribution in [3.63, 3.8) is 0 Å². The Morgan fingerprint density at radius 3 is 2.52 bits per heavy atom. The van der Waals surface area contributed by atoms with Crippen LogP contribution >= 0.6 is 0 Å². The average molecular weight is 403 g/mol. The Bertz CT molecular complexity index is 605. The zero-order chi connectivity index (χ0) is 20.8. The molecule has 0 aromatic carbocycles. The van der Waals surface area contributed by atoms with Crippen molar-refractivity contribution in [3.8, 4) is 0 Å². The van der Waals surface area contributed by atoms with E-state index in [2.05, 4.69) is 40.7 Å². The Kier molecular flexibility index (Phi) is 6.27. The van der Waals surface area contributed by atoms with Crippen LogP contribution in [0.4, 0.5) is 4.39 Å². The zero-order valence-electron chi connectivity index (χ0n) is 20.0. The highest BCUT2D eigenvalue weighted by atomic mass is 19.1. The smallest absolute Gasteiger partial charge is 0.0925 e. The van der Waals surface area contributed by atoms with Crippen molar-refractivity contribution in [2.75, 3.05) is 6.67 Å². The standard InChI is InChI=1S/C28H47F/c1-19(2)7-6-8-20(3)24-11-12-25-23-10-9-22-17-21(18-29)13-15-27(22,4)26(23)14-16-28(24,25)5/h9,19-21,23-26H,6-8,10-18H2,1-5H3/t20-,21+,23+,24-,25+,26+,27+,28-/m1/s1. The van der Waals surface area contributed by atoms with Crippen molar-refractivity contribution in [1.29, 1.82) is 0 Å². The molecule has 0 spiro atoms. The minimum absolute atomic E-state index is 0.113. The van der Waals surface area contributed by atoms with Gasteiger partial charge in [-0.1, -0.05) is 65.5 Å². The third kappa shape index (κ3) is 3.76. The third-order valence-electron chi connectivity index (χ3n) is 10.6. The maximum absolute atomic E-state index is 13.3. The molecular weight excluding hydrogens is 355 g/mol. The van der Waals surface area contributed by atoms with Crippen LogP contribution < -0.4 is 0 Å². The molecule has 0 unspecified atom stereocenters. The first-order valence-corrected chi connectivity index (χ1v) is 13.0. The molecule has 8 atom stereocenters. The van der Waals surface area contributed by atoms with Gasteiger partial charge in [-0.15, -0.1) is 0 Å². The quantitative estimate of drug-likeness (QED) is 0.390. The van der Waals surface area contributed by atoms with E-state index in [0.717, 1.165) is 48.3 Å². The van der Waals surface area contributed by atoms with Gasteiger partial charge in [-0.3, -0.25) is 4.39 Å². The first-order chi connectivity index (χ1) is 13.8. The van der Waals surface area contributed by atoms with Crippen LogP contribution in [0.1, 0.15) is 105 Å².